The fourth-order valence-electron chi connectivity index (χ4n) is 2.59. The first-order valence-corrected chi connectivity index (χ1v) is 8.73. The van der Waals surface area contributed by atoms with Gasteiger partial charge >= 0.3 is 0 Å². The summed E-state index contributed by atoms with van der Waals surface area (Å²) in [6.07, 6.45) is 2.78. The first-order chi connectivity index (χ1) is 11.0. The number of amides is 1. The lowest BCUT2D eigenvalue weighted by molar-refractivity contribution is 0.0749. The van der Waals surface area contributed by atoms with Crippen LogP contribution in [-0.4, -0.2) is 35.0 Å². The lowest BCUT2D eigenvalue weighted by Gasteiger charge is -2.23. The highest BCUT2D eigenvalue weighted by Crippen LogP contribution is 2.21. The third-order valence-electron chi connectivity index (χ3n) is 3.79. The van der Waals surface area contributed by atoms with Gasteiger partial charge in [-0.05, 0) is 47.8 Å². The van der Waals surface area contributed by atoms with Gasteiger partial charge in [0.2, 0.25) is 0 Å². The van der Waals surface area contributed by atoms with Gasteiger partial charge in [0, 0.05) is 36.3 Å². The SMILES string of the molecule is CC(C)n1cc(Br)cc1C(=O)N(CCN)CCc1ccccc1.Cl. The van der Waals surface area contributed by atoms with Crippen molar-refractivity contribution >= 4 is 34.2 Å². The largest absolute Gasteiger partial charge is 0.340 e. The zero-order valence-corrected chi connectivity index (χ0v) is 16.5. The van der Waals surface area contributed by atoms with Crippen LogP contribution in [0.4, 0.5) is 0 Å². The van der Waals surface area contributed by atoms with E-state index in [2.05, 4.69) is 41.9 Å². The number of nitrogens with zero attached hydrogens (tertiary/aromatic N) is 2. The van der Waals surface area contributed by atoms with E-state index in [1.165, 1.54) is 5.56 Å². The summed E-state index contributed by atoms with van der Waals surface area (Å²) in [7, 11) is 0. The molecule has 0 spiro atoms. The minimum atomic E-state index is 0. The van der Waals surface area contributed by atoms with E-state index in [0.717, 1.165) is 10.9 Å². The molecular formula is C18H25BrClN3O. The molecular weight excluding hydrogens is 390 g/mol. The molecule has 0 bridgehead atoms. The number of benzene rings is 1. The molecule has 0 atom stereocenters. The van der Waals surface area contributed by atoms with Crippen LogP contribution < -0.4 is 5.73 Å². The Balaban J connectivity index is 0.00000288. The molecule has 0 aliphatic heterocycles. The summed E-state index contributed by atoms with van der Waals surface area (Å²) in [6, 6.07) is 12.3. The van der Waals surface area contributed by atoms with Crippen LogP contribution in [0.1, 0.15) is 35.9 Å². The monoisotopic (exact) mass is 413 g/mol. The Hall–Kier alpha value is -1.30. The Kier molecular flexibility index (Phi) is 8.53. The maximum Gasteiger partial charge on any atom is 0.270 e. The summed E-state index contributed by atoms with van der Waals surface area (Å²) >= 11 is 3.47. The molecule has 24 heavy (non-hydrogen) atoms. The minimum absolute atomic E-state index is 0. The molecule has 1 aromatic carbocycles. The second kappa shape index (κ2) is 9.87. The highest BCUT2D eigenvalue weighted by Gasteiger charge is 2.20. The Morgan fingerprint density at radius 3 is 2.50 bits per heavy atom. The number of nitrogens with two attached hydrogens (primary N) is 1. The van der Waals surface area contributed by atoms with E-state index in [4.69, 9.17) is 5.73 Å². The molecule has 0 aliphatic carbocycles. The number of hydrogen-bond donors (Lipinski definition) is 1. The van der Waals surface area contributed by atoms with Gasteiger partial charge in [-0.25, -0.2) is 0 Å². The summed E-state index contributed by atoms with van der Waals surface area (Å²) in [5.74, 6) is 0.0331. The van der Waals surface area contributed by atoms with Gasteiger partial charge in [0.25, 0.3) is 5.91 Å². The van der Waals surface area contributed by atoms with Crippen LogP contribution in [0.2, 0.25) is 0 Å². The van der Waals surface area contributed by atoms with Crippen LogP contribution >= 0.6 is 28.3 Å². The van der Waals surface area contributed by atoms with Crippen LogP contribution in [-0.2, 0) is 6.42 Å². The molecule has 6 heteroatoms. The Morgan fingerprint density at radius 2 is 1.92 bits per heavy atom. The molecule has 0 unspecified atom stereocenters. The zero-order valence-electron chi connectivity index (χ0n) is 14.1. The van der Waals surface area contributed by atoms with Crippen molar-refractivity contribution in [1.29, 1.82) is 0 Å². The van der Waals surface area contributed by atoms with Gasteiger partial charge in [0.05, 0.1) is 0 Å². The normalized spacial score (nSPS) is 10.5. The summed E-state index contributed by atoms with van der Waals surface area (Å²) in [5, 5.41) is 0. The van der Waals surface area contributed by atoms with Crippen LogP contribution in [0, 0.1) is 0 Å². The van der Waals surface area contributed by atoms with Gasteiger partial charge in [-0.3, -0.25) is 4.79 Å². The van der Waals surface area contributed by atoms with Crippen molar-refractivity contribution in [3.8, 4) is 0 Å². The Morgan fingerprint density at radius 1 is 1.25 bits per heavy atom. The fourth-order valence-corrected chi connectivity index (χ4v) is 3.02. The number of hydrogen-bond acceptors (Lipinski definition) is 2. The van der Waals surface area contributed by atoms with E-state index in [0.29, 0.717) is 25.3 Å². The first-order valence-electron chi connectivity index (χ1n) is 7.93. The molecule has 2 rings (SSSR count). The molecule has 4 nitrogen and oxygen atoms in total. The van der Waals surface area contributed by atoms with E-state index >= 15 is 0 Å². The van der Waals surface area contributed by atoms with Crippen LogP contribution in [0.5, 0.6) is 0 Å². The summed E-state index contributed by atoms with van der Waals surface area (Å²) in [6.45, 7) is 5.83. The molecule has 0 saturated heterocycles. The maximum absolute atomic E-state index is 12.9. The summed E-state index contributed by atoms with van der Waals surface area (Å²) < 4.78 is 2.92. The van der Waals surface area contributed by atoms with Gasteiger partial charge in [-0.15, -0.1) is 12.4 Å². The second-order valence-electron chi connectivity index (χ2n) is 5.86. The van der Waals surface area contributed by atoms with Gasteiger partial charge in [-0.2, -0.15) is 0 Å². The van der Waals surface area contributed by atoms with Crippen LogP contribution in [0.25, 0.3) is 0 Å². The van der Waals surface area contributed by atoms with Crippen molar-refractivity contribution in [3.05, 3.63) is 58.3 Å². The molecule has 0 radical (unpaired) electrons. The van der Waals surface area contributed by atoms with Gasteiger partial charge in [0.1, 0.15) is 5.69 Å². The smallest absolute Gasteiger partial charge is 0.270 e. The molecule has 2 N–H and O–H groups in total. The highest BCUT2D eigenvalue weighted by atomic mass is 79.9. The van der Waals surface area contributed by atoms with Gasteiger partial charge < -0.3 is 15.2 Å². The molecule has 2 aromatic rings. The number of aromatic nitrogens is 1. The topological polar surface area (TPSA) is 51.3 Å². The predicted octanol–water partition coefficient (Wildman–Crippen LogP) is 3.90. The van der Waals surface area contributed by atoms with Gasteiger partial charge in [-0.1, -0.05) is 30.3 Å². The summed E-state index contributed by atoms with van der Waals surface area (Å²) in [4.78, 5) is 14.8. The number of carbonyl (C=O) groups excluding carboxylic acids is 1. The first kappa shape index (κ1) is 20.7. The third kappa shape index (κ3) is 5.36. The number of carbonyl (C=O) groups is 1. The van der Waals surface area contributed by atoms with Crippen molar-refractivity contribution in [2.24, 2.45) is 5.73 Å². The summed E-state index contributed by atoms with van der Waals surface area (Å²) in [5.41, 5.74) is 7.63. The third-order valence-corrected chi connectivity index (χ3v) is 4.22. The van der Waals surface area contributed by atoms with E-state index in [-0.39, 0.29) is 24.4 Å². The fraction of sp³-hybridized carbons (Fsp3) is 0.389. The molecule has 0 aliphatic rings. The maximum atomic E-state index is 12.9. The van der Waals surface area contributed by atoms with E-state index in [1.807, 2.05) is 39.9 Å². The van der Waals surface area contributed by atoms with Crippen molar-refractivity contribution in [1.82, 2.24) is 9.47 Å². The molecule has 0 fully saturated rings. The highest BCUT2D eigenvalue weighted by molar-refractivity contribution is 9.10. The number of halogens is 2. The van der Waals surface area contributed by atoms with E-state index in [9.17, 15) is 4.79 Å². The number of rotatable bonds is 7. The van der Waals surface area contributed by atoms with Crippen molar-refractivity contribution in [2.75, 3.05) is 19.6 Å². The minimum Gasteiger partial charge on any atom is -0.340 e. The standard InChI is InChI=1S/C18H24BrN3O.ClH/c1-14(2)22-13-16(19)12-17(22)18(23)21(11-9-20)10-8-15-6-4-3-5-7-15;/h3-7,12-14H,8-11,20H2,1-2H3;1H. The van der Waals surface area contributed by atoms with Gasteiger partial charge in [0.15, 0.2) is 0 Å². The van der Waals surface area contributed by atoms with E-state index < -0.39 is 0 Å². The Bertz CT molecular complexity index is 643. The average molecular weight is 415 g/mol. The predicted molar refractivity (Wildman–Crippen MR) is 105 cm³/mol. The molecule has 1 heterocycles. The molecule has 0 saturated carbocycles. The average Bonchev–Trinajstić information content (AvgIpc) is 2.94. The van der Waals surface area contributed by atoms with Crippen LogP contribution in [0.3, 0.4) is 0 Å². The molecule has 1 aromatic heterocycles. The zero-order chi connectivity index (χ0) is 16.8. The Labute approximate surface area is 158 Å². The van der Waals surface area contributed by atoms with Crippen molar-refractivity contribution < 1.29 is 4.79 Å². The molecule has 132 valence electrons. The molecule has 1 amide bonds. The lowest BCUT2D eigenvalue weighted by atomic mass is 10.1. The van der Waals surface area contributed by atoms with Crippen LogP contribution in [0.15, 0.2) is 47.1 Å². The lowest BCUT2D eigenvalue weighted by Crippen LogP contribution is -2.38. The quantitative estimate of drug-likeness (QED) is 0.747. The van der Waals surface area contributed by atoms with E-state index in [1.54, 1.807) is 0 Å². The van der Waals surface area contributed by atoms with Crippen molar-refractivity contribution in [3.63, 3.8) is 0 Å². The second-order valence-corrected chi connectivity index (χ2v) is 6.78. The van der Waals surface area contributed by atoms with Crippen molar-refractivity contribution in [2.45, 2.75) is 26.3 Å².